The minimum atomic E-state index is 0.493. The molecule has 0 aliphatic rings. The van der Waals surface area contributed by atoms with Crippen LogP contribution in [0.4, 0.5) is 11.4 Å². The van der Waals surface area contributed by atoms with E-state index in [0.717, 1.165) is 12.1 Å². The first-order chi connectivity index (χ1) is 8.52. The van der Waals surface area contributed by atoms with Gasteiger partial charge in [-0.05, 0) is 49.8 Å². The van der Waals surface area contributed by atoms with Gasteiger partial charge in [0.2, 0.25) is 0 Å². The van der Waals surface area contributed by atoms with Gasteiger partial charge in [0.05, 0.1) is 0 Å². The molecule has 0 saturated heterocycles. The quantitative estimate of drug-likeness (QED) is 0.699. The number of hydrogen-bond acceptors (Lipinski definition) is 2. The minimum Gasteiger partial charge on any atom is -0.399 e. The fraction of sp³-hybridized carbons (Fsp3) is 0.625. The predicted molar refractivity (Wildman–Crippen MR) is 82.0 cm³/mol. The van der Waals surface area contributed by atoms with Gasteiger partial charge in [-0.2, -0.15) is 0 Å². The Labute approximate surface area is 112 Å². The average molecular weight is 248 g/mol. The van der Waals surface area contributed by atoms with Gasteiger partial charge >= 0.3 is 0 Å². The summed E-state index contributed by atoms with van der Waals surface area (Å²) in [5.74, 6) is 0.715. The lowest BCUT2D eigenvalue weighted by Crippen LogP contribution is -2.18. The smallest absolute Gasteiger partial charge is 0.0395 e. The molecule has 0 bridgehead atoms. The number of rotatable bonds is 7. The molecule has 1 atom stereocenters. The molecule has 102 valence electrons. The van der Waals surface area contributed by atoms with Crippen molar-refractivity contribution in [3.05, 3.63) is 23.8 Å². The van der Waals surface area contributed by atoms with Crippen molar-refractivity contribution in [3.63, 3.8) is 0 Å². The molecule has 1 unspecified atom stereocenters. The highest BCUT2D eigenvalue weighted by molar-refractivity contribution is 5.60. The second-order valence-electron chi connectivity index (χ2n) is 5.70. The van der Waals surface area contributed by atoms with Gasteiger partial charge in [0, 0.05) is 17.4 Å². The maximum absolute atomic E-state index is 5.89. The fourth-order valence-electron chi connectivity index (χ4n) is 2.35. The van der Waals surface area contributed by atoms with Crippen molar-refractivity contribution in [1.82, 2.24) is 0 Å². The summed E-state index contributed by atoms with van der Waals surface area (Å²) in [7, 11) is 0. The van der Waals surface area contributed by atoms with Crippen molar-refractivity contribution in [2.45, 2.75) is 59.4 Å². The van der Waals surface area contributed by atoms with Crippen LogP contribution < -0.4 is 11.1 Å². The fourth-order valence-corrected chi connectivity index (χ4v) is 2.35. The first-order valence-corrected chi connectivity index (χ1v) is 7.17. The SMILES string of the molecule is CCCCc1ccc(N)cc1NC(C)CC(C)C. The van der Waals surface area contributed by atoms with Crippen LogP contribution in [0, 0.1) is 5.92 Å². The maximum atomic E-state index is 5.89. The summed E-state index contributed by atoms with van der Waals surface area (Å²) in [5.41, 5.74) is 9.34. The monoisotopic (exact) mass is 248 g/mol. The van der Waals surface area contributed by atoms with Gasteiger partial charge in [-0.1, -0.05) is 33.3 Å². The van der Waals surface area contributed by atoms with E-state index in [9.17, 15) is 0 Å². The average Bonchev–Trinajstić information content (AvgIpc) is 2.26. The molecule has 0 aromatic heterocycles. The van der Waals surface area contributed by atoms with E-state index in [1.807, 2.05) is 6.07 Å². The molecule has 0 amide bonds. The Kier molecular flexibility index (Phi) is 6.03. The zero-order chi connectivity index (χ0) is 13.5. The van der Waals surface area contributed by atoms with Crippen molar-refractivity contribution in [2.75, 3.05) is 11.1 Å². The molecule has 18 heavy (non-hydrogen) atoms. The predicted octanol–water partition coefficient (Wildman–Crippen LogP) is 4.46. The maximum Gasteiger partial charge on any atom is 0.0395 e. The van der Waals surface area contributed by atoms with Gasteiger partial charge in [0.25, 0.3) is 0 Å². The Hall–Kier alpha value is -1.18. The molecule has 0 aliphatic heterocycles. The Morgan fingerprint density at radius 2 is 1.94 bits per heavy atom. The number of benzene rings is 1. The van der Waals surface area contributed by atoms with Crippen molar-refractivity contribution in [2.24, 2.45) is 5.92 Å². The topological polar surface area (TPSA) is 38.0 Å². The number of nitrogens with two attached hydrogens (primary N) is 1. The van der Waals surface area contributed by atoms with Crippen LogP contribution in [0.3, 0.4) is 0 Å². The van der Waals surface area contributed by atoms with E-state index >= 15 is 0 Å². The lowest BCUT2D eigenvalue weighted by molar-refractivity contribution is 0.539. The van der Waals surface area contributed by atoms with Gasteiger partial charge < -0.3 is 11.1 Å². The van der Waals surface area contributed by atoms with Crippen LogP contribution in [0.15, 0.2) is 18.2 Å². The van der Waals surface area contributed by atoms with Crippen LogP contribution in [0.2, 0.25) is 0 Å². The van der Waals surface area contributed by atoms with Gasteiger partial charge in [-0.25, -0.2) is 0 Å². The standard InChI is InChI=1S/C16H28N2/c1-5-6-7-14-8-9-15(17)11-16(14)18-13(4)10-12(2)3/h8-9,11-13,18H,5-7,10,17H2,1-4H3. The number of aryl methyl sites for hydroxylation is 1. The molecular weight excluding hydrogens is 220 g/mol. The number of nitrogens with one attached hydrogen (secondary N) is 1. The van der Waals surface area contributed by atoms with Crippen molar-refractivity contribution >= 4 is 11.4 Å². The third-order valence-electron chi connectivity index (χ3n) is 3.16. The summed E-state index contributed by atoms with van der Waals surface area (Å²) in [5, 5.41) is 3.61. The molecule has 2 nitrogen and oxygen atoms in total. The van der Waals surface area contributed by atoms with Crippen molar-refractivity contribution < 1.29 is 0 Å². The molecule has 1 rings (SSSR count). The van der Waals surface area contributed by atoms with Gasteiger partial charge in [-0.15, -0.1) is 0 Å². The highest BCUT2D eigenvalue weighted by atomic mass is 14.9. The molecular formula is C16H28N2. The largest absolute Gasteiger partial charge is 0.399 e. The zero-order valence-electron chi connectivity index (χ0n) is 12.3. The molecule has 0 saturated carbocycles. The second-order valence-corrected chi connectivity index (χ2v) is 5.70. The van der Waals surface area contributed by atoms with E-state index in [4.69, 9.17) is 5.73 Å². The van der Waals surface area contributed by atoms with E-state index < -0.39 is 0 Å². The van der Waals surface area contributed by atoms with E-state index in [-0.39, 0.29) is 0 Å². The van der Waals surface area contributed by atoms with Crippen LogP contribution in [-0.2, 0) is 6.42 Å². The van der Waals surface area contributed by atoms with E-state index in [0.29, 0.717) is 12.0 Å². The number of anilines is 2. The Morgan fingerprint density at radius 3 is 2.56 bits per heavy atom. The normalized spacial score (nSPS) is 12.7. The molecule has 0 spiro atoms. The lowest BCUT2D eigenvalue weighted by atomic mass is 10.0. The first-order valence-electron chi connectivity index (χ1n) is 7.17. The molecule has 0 heterocycles. The van der Waals surface area contributed by atoms with Crippen LogP contribution >= 0.6 is 0 Å². The summed E-state index contributed by atoms with van der Waals surface area (Å²) in [4.78, 5) is 0. The van der Waals surface area contributed by atoms with E-state index in [2.05, 4.69) is 45.1 Å². The summed E-state index contributed by atoms with van der Waals surface area (Å²) in [6.07, 6.45) is 4.78. The van der Waals surface area contributed by atoms with Crippen molar-refractivity contribution in [1.29, 1.82) is 0 Å². The summed E-state index contributed by atoms with van der Waals surface area (Å²) in [6.45, 7) is 8.99. The van der Waals surface area contributed by atoms with E-state index in [1.54, 1.807) is 0 Å². The summed E-state index contributed by atoms with van der Waals surface area (Å²) < 4.78 is 0. The number of unbranched alkanes of at least 4 members (excludes halogenated alkanes) is 1. The molecule has 0 fully saturated rings. The van der Waals surface area contributed by atoms with Crippen LogP contribution in [0.1, 0.15) is 52.5 Å². The highest BCUT2D eigenvalue weighted by Crippen LogP contribution is 2.23. The molecule has 1 aromatic carbocycles. The van der Waals surface area contributed by atoms with E-state index in [1.165, 1.54) is 30.5 Å². The molecule has 0 aliphatic carbocycles. The highest BCUT2D eigenvalue weighted by Gasteiger charge is 2.08. The Balaban J connectivity index is 2.74. The second kappa shape index (κ2) is 7.30. The van der Waals surface area contributed by atoms with Crippen LogP contribution in [-0.4, -0.2) is 6.04 Å². The van der Waals surface area contributed by atoms with Crippen molar-refractivity contribution in [3.8, 4) is 0 Å². The summed E-state index contributed by atoms with van der Waals surface area (Å²) >= 11 is 0. The Bertz CT molecular complexity index is 358. The van der Waals surface area contributed by atoms with Gasteiger partial charge in [-0.3, -0.25) is 0 Å². The first kappa shape index (κ1) is 14.9. The number of hydrogen-bond donors (Lipinski definition) is 2. The molecule has 0 radical (unpaired) electrons. The van der Waals surface area contributed by atoms with Crippen LogP contribution in [0.25, 0.3) is 0 Å². The van der Waals surface area contributed by atoms with Gasteiger partial charge in [0.15, 0.2) is 0 Å². The molecule has 3 N–H and O–H groups in total. The molecule has 2 heteroatoms. The zero-order valence-corrected chi connectivity index (χ0v) is 12.3. The Morgan fingerprint density at radius 1 is 1.22 bits per heavy atom. The lowest BCUT2D eigenvalue weighted by Gasteiger charge is -2.20. The van der Waals surface area contributed by atoms with Crippen LogP contribution in [0.5, 0.6) is 0 Å². The minimum absolute atomic E-state index is 0.493. The number of nitrogen functional groups attached to an aromatic ring is 1. The van der Waals surface area contributed by atoms with Gasteiger partial charge in [0.1, 0.15) is 0 Å². The molecule has 1 aromatic rings. The third kappa shape index (κ3) is 4.99. The summed E-state index contributed by atoms with van der Waals surface area (Å²) in [6, 6.07) is 6.73. The third-order valence-corrected chi connectivity index (χ3v) is 3.16.